The van der Waals surface area contributed by atoms with Crippen LogP contribution in [0.15, 0.2) is 47.2 Å². The highest BCUT2D eigenvalue weighted by Crippen LogP contribution is 2.04. The van der Waals surface area contributed by atoms with E-state index in [-0.39, 0.29) is 12.1 Å². The number of aliphatic carboxylic acids is 1. The van der Waals surface area contributed by atoms with Crippen LogP contribution in [0.5, 0.6) is 0 Å². The molecule has 1 amide bonds. The van der Waals surface area contributed by atoms with Gasteiger partial charge in [0.1, 0.15) is 12.3 Å². The summed E-state index contributed by atoms with van der Waals surface area (Å²) in [6.45, 7) is 0. The van der Waals surface area contributed by atoms with Gasteiger partial charge in [-0.05, 0) is 5.56 Å². The monoisotopic (exact) mass is 260 g/mol. The first-order valence-electron chi connectivity index (χ1n) is 5.65. The summed E-state index contributed by atoms with van der Waals surface area (Å²) in [6.07, 6.45) is 1.46. The minimum Gasteiger partial charge on any atom is -0.480 e. The second-order valence-corrected chi connectivity index (χ2v) is 3.94. The van der Waals surface area contributed by atoms with Crippen molar-refractivity contribution in [3.05, 3.63) is 53.9 Å². The molecule has 0 saturated heterocycles. The minimum atomic E-state index is -1.10. The van der Waals surface area contributed by atoms with Gasteiger partial charge < -0.3 is 14.9 Å². The Labute approximate surface area is 109 Å². The Morgan fingerprint density at radius 2 is 2.00 bits per heavy atom. The van der Waals surface area contributed by atoms with Gasteiger partial charge in [-0.1, -0.05) is 35.5 Å². The smallest absolute Gasteiger partial charge is 0.326 e. The summed E-state index contributed by atoms with van der Waals surface area (Å²) in [5.41, 5.74) is 0.884. The molecule has 2 N–H and O–H groups in total. The summed E-state index contributed by atoms with van der Waals surface area (Å²) < 4.78 is 4.54. The molecule has 6 nitrogen and oxygen atoms in total. The third-order valence-electron chi connectivity index (χ3n) is 2.56. The Morgan fingerprint density at radius 1 is 1.26 bits per heavy atom. The van der Waals surface area contributed by atoms with Gasteiger partial charge in [0.05, 0.1) is 0 Å². The van der Waals surface area contributed by atoms with E-state index in [1.165, 1.54) is 12.3 Å². The SMILES string of the molecule is O=C(N[C@H](Cc1ccccc1)C(=O)O)c1ccon1. The maximum Gasteiger partial charge on any atom is 0.326 e. The van der Waals surface area contributed by atoms with E-state index in [1.807, 2.05) is 18.2 Å². The molecule has 0 spiro atoms. The molecule has 0 bridgehead atoms. The zero-order chi connectivity index (χ0) is 13.7. The molecule has 1 aromatic heterocycles. The number of hydrogen-bond donors (Lipinski definition) is 2. The third kappa shape index (κ3) is 3.41. The van der Waals surface area contributed by atoms with Crippen LogP contribution in [0, 0.1) is 0 Å². The summed E-state index contributed by atoms with van der Waals surface area (Å²) in [7, 11) is 0. The van der Waals surface area contributed by atoms with Crippen LogP contribution in [0.4, 0.5) is 0 Å². The molecule has 6 heteroatoms. The van der Waals surface area contributed by atoms with Crippen LogP contribution in [-0.2, 0) is 11.2 Å². The molecular weight excluding hydrogens is 248 g/mol. The van der Waals surface area contributed by atoms with E-state index in [4.69, 9.17) is 5.11 Å². The molecule has 2 aromatic rings. The number of rotatable bonds is 5. The number of nitrogens with one attached hydrogen (secondary N) is 1. The third-order valence-corrected chi connectivity index (χ3v) is 2.56. The van der Waals surface area contributed by atoms with E-state index in [1.54, 1.807) is 12.1 Å². The molecule has 19 heavy (non-hydrogen) atoms. The van der Waals surface area contributed by atoms with Crippen LogP contribution in [-0.4, -0.2) is 28.2 Å². The van der Waals surface area contributed by atoms with Crippen LogP contribution in [0.25, 0.3) is 0 Å². The number of carboxylic acid groups (broad SMARTS) is 1. The first-order chi connectivity index (χ1) is 9.16. The van der Waals surface area contributed by atoms with Gasteiger partial charge in [-0.15, -0.1) is 0 Å². The average Bonchev–Trinajstić information content (AvgIpc) is 2.93. The predicted octanol–water partition coefficient (Wildman–Crippen LogP) is 1.10. The predicted molar refractivity (Wildman–Crippen MR) is 65.5 cm³/mol. The highest BCUT2D eigenvalue weighted by molar-refractivity contribution is 5.94. The van der Waals surface area contributed by atoms with Crippen molar-refractivity contribution < 1.29 is 19.2 Å². The van der Waals surface area contributed by atoms with E-state index in [0.29, 0.717) is 0 Å². The number of nitrogens with zero attached hydrogens (tertiary/aromatic N) is 1. The summed E-state index contributed by atoms with van der Waals surface area (Å²) >= 11 is 0. The number of carboxylic acids is 1. The van der Waals surface area contributed by atoms with Crippen molar-refractivity contribution in [1.29, 1.82) is 0 Å². The second-order valence-electron chi connectivity index (χ2n) is 3.94. The lowest BCUT2D eigenvalue weighted by Crippen LogP contribution is -2.42. The molecule has 0 radical (unpaired) electrons. The largest absolute Gasteiger partial charge is 0.480 e. The van der Waals surface area contributed by atoms with Gasteiger partial charge in [0.25, 0.3) is 5.91 Å². The quantitative estimate of drug-likeness (QED) is 0.839. The molecule has 0 saturated carbocycles. The highest BCUT2D eigenvalue weighted by atomic mass is 16.5. The maximum absolute atomic E-state index is 11.7. The van der Waals surface area contributed by atoms with Crippen molar-refractivity contribution in [2.24, 2.45) is 0 Å². The second kappa shape index (κ2) is 5.81. The molecule has 2 rings (SSSR count). The molecule has 98 valence electrons. The zero-order valence-electron chi connectivity index (χ0n) is 9.95. The first-order valence-corrected chi connectivity index (χ1v) is 5.65. The number of amides is 1. The van der Waals surface area contributed by atoms with Crippen molar-refractivity contribution in [2.45, 2.75) is 12.5 Å². The van der Waals surface area contributed by atoms with Crippen molar-refractivity contribution in [2.75, 3.05) is 0 Å². The lowest BCUT2D eigenvalue weighted by molar-refractivity contribution is -0.139. The Balaban J connectivity index is 2.05. The Kier molecular flexibility index (Phi) is 3.92. The average molecular weight is 260 g/mol. The molecular formula is C13H12N2O4. The van der Waals surface area contributed by atoms with Gasteiger partial charge in [-0.3, -0.25) is 4.79 Å². The van der Waals surface area contributed by atoms with E-state index in [0.717, 1.165) is 5.56 Å². The summed E-state index contributed by atoms with van der Waals surface area (Å²) in [5, 5.41) is 15.0. The normalized spacial score (nSPS) is 11.8. The molecule has 0 aliphatic rings. The van der Waals surface area contributed by atoms with Gasteiger partial charge in [0, 0.05) is 12.5 Å². The fraction of sp³-hybridized carbons (Fsp3) is 0.154. The van der Waals surface area contributed by atoms with Crippen LogP contribution >= 0.6 is 0 Å². The molecule has 1 atom stereocenters. The summed E-state index contributed by atoms with van der Waals surface area (Å²) in [4.78, 5) is 22.9. The van der Waals surface area contributed by atoms with Crippen LogP contribution in [0.3, 0.4) is 0 Å². The molecule has 0 unspecified atom stereocenters. The van der Waals surface area contributed by atoms with Crippen molar-refractivity contribution in [3.63, 3.8) is 0 Å². The Bertz CT molecular complexity index is 551. The molecule has 1 heterocycles. The van der Waals surface area contributed by atoms with Crippen molar-refractivity contribution >= 4 is 11.9 Å². The first kappa shape index (κ1) is 12.8. The van der Waals surface area contributed by atoms with Crippen molar-refractivity contribution in [3.8, 4) is 0 Å². The summed E-state index contributed by atoms with van der Waals surface area (Å²) in [6, 6.07) is 9.44. The van der Waals surface area contributed by atoms with E-state index in [9.17, 15) is 9.59 Å². The number of carbonyl (C=O) groups excluding carboxylic acids is 1. The van der Waals surface area contributed by atoms with Gasteiger partial charge in [-0.25, -0.2) is 4.79 Å². The van der Waals surface area contributed by atoms with E-state index in [2.05, 4.69) is 15.0 Å². The number of carbonyl (C=O) groups is 2. The van der Waals surface area contributed by atoms with Crippen molar-refractivity contribution in [1.82, 2.24) is 10.5 Å². The fourth-order valence-corrected chi connectivity index (χ4v) is 1.61. The van der Waals surface area contributed by atoms with E-state index >= 15 is 0 Å². The molecule has 0 aliphatic carbocycles. The molecule has 0 aliphatic heterocycles. The lowest BCUT2D eigenvalue weighted by atomic mass is 10.1. The maximum atomic E-state index is 11.7. The van der Waals surface area contributed by atoms with Gasteiger partial charge in [0.2, 0.25) is 0 Å². The zero-order valence-corrected chi connectivity index (χ0v) is 9.95. The number of hydrogen-bond acceptors (Lipinski definition) is 4. The highest BCUT2D eigenvalue weighted by Gasteiger charge is 2.22. The minimum absolute atomic E-state index is 0.0549. The standard InChI is InChI=1S/C13H12N2O4/c16-12(10-6-7-19-15-10)14-11(13(17)18)8-9-4-2-1-3-5-9/h1-7,11H,8H2,(H,14,16)(H,17,18)/t11-/m1/s1. The van der Waals surface area contributed by atoms with Gasteiger partial charge in [-0.2, -0.15) is 0 Å². The van der Waals surface area contributed by atoms with Gasteiger partial charge >= 0.3 is 5.97 Å². The molecule has 1 aromatic carbocycles. The van der Waals surface area contributed by atoms with Crippen LogP contribution in [0.1, 0.15) is 16.1 Å². The fourth-order valence-electron chi connectivity index (χ4n) is 1.61. The molecule has 0 fully saturated rings. The number of benzene rings is 1. The summed E-state index contributed by atoms with van der Waals surface area (Å²) in [5.74, 6) is -1.67. The van der Waals surface area contributed by atoms with E-state index < -0.39 is 17.9 Å². The van der Waals surface area contributed by atoms with Crippen LogP contribution < -0.4 is 5.32 Å². The topological polar surface area (TPSA) is 92.4 Å². The van der Waals surface area contributed by atoms with Crippen LogP contribution in [0.2, 0.25) is 0 Å². The lowest BCUT2D eigenvalue weighted by Gasteiger charge is -2.13. The Hall–Kier alpha value is -2.63. The Morgan fingerprint density at radius 3 is 2.58 bits per heavy atom. The number of aromatic nitrogens is 1. The van der Waals surface area contributed by atoms with Gasteiger partial charge in [0.15, 0.2) is 5.69 Å².